The van der Waals surface area contributed by atoms with Crippen molar-refractivity contribution in [1.82, 2.24) is 9.62 Å². The van der Waals surface area contributed by atoms with Gasteiger partial charge in [0, 0.05) is 24.8 Å². The van der Waals surface area contributed by atoms with Crippen LogP contribution >= 0.6 is 0 Å². The number of carbonyl (C=O) groups is 2. The van der Waals surface area contributed by atoms with Gasteiger partial charge in [-0.05, 0) is 55.7 Å². The molecule has 0 saturated carbocycles. The number of sulfonamides is 1. The molecule has 0 spiro atoms. The van der Waals surface area contributed by atoms with Gasteiger partial charge in [-0.15, -0.1) is 0 Å². The molecule has 2 aromatic carbocycles. The first kappa shape index (κ1) is 21.8. The molecule has 0 aromatic heterocycles. The molecule has 1 unspecified atom stereocenters. The Morgan fingerprint density at radius 1 is 1.10 bits per heavy atom. The number of aryl methyl sites for hydroxylation is 1. The molecule has 8 nitrogen and oxygen atoms in total. The molecule has 9 heteroatoms. The Hall–Kier alpha value is -2.91. The van der Waals surface area contributed by atoms with E-state index in [1.807, 2.05) is 19.1 Å². The first-order valence-corrected chi connectivity index (χ1v) is 11.1. The van der Waals surface area contributed by atoms with Crippen molar-refractivity contribution in [2.24, 2.45) is 0 Å². The number of carbonyl (C=O) groups excluding carboxylic acids is 2. The number of benzene rings is 2. The van der Waals surface area contributed by atoms with Crippen molar-refractivity contribution in [1.29, 1.82) is 0 Å². The highest BCUT2D eigenvalue weighted by molar-refractivity contribution is 7.89. The lowest BCUT2D eigenvalue weighted by molar-refractivity contribution is -0.136. The van der Waals surface area contributed by atoms with Gasteiger partial charge in [-0.25, -0.2) is 8.42 Å². The average molecular weight is 432 g/mol. The highest BCUT2D eigenvalue weighted by Crippen LogP contribution is 2.27. The molecular formula is C21H25N3O5S. The Labute approximate surface area is 176 Å². The van der Waals surface area contributed by atoms with E-state index in [4.69, 9.17) is 4.74 Å². The SMILES string of the molecule is COc1ccc(S(=O)(=O)N2CCCC2CNC(=O)C(=O)Nc2ccccc2C)cc1. The van der Waals surface area contributed by atoms with Gasteiger partial charge in [0.05, 0.1) is 12.0 Å². The van der Waals surface area contributed by atoms with Gasteiger partial charge in [0.15, 0.2) is 0 Å². The van der Waals surface area contributed by atoms with Crippen molar-refractivity contribution in [2.75, 3.05) is 25.5 Å². The largest absolute Gasteiger partial charge is 0.497 e. The number of para-hydroxylation sites is 1. The summed E-state index contributed by atoms with van der Waals surface area (Å²) >= 11 is 0. The molecular weight excluding hydrogens is 406 g/mol. The third kappa shape index (κ3) is 4.80. The number of nitrogens with zero attached hydrogens (tertiary/aromatic N) is 1. The van der Waals surface area contributed by atoms with Crippen LogP contribution in [0.1, 0.15) is 18.4 Å². The quantitative estimate of drug-likeness (QED) is 0.680. The molecule has 30 heavy (non-hydrogen) atoms. The molecule has 1 aliphatic rings. The monoisotopic (exact) mass is 431 g/mol. The van der Waals surface area contributed by atoms with Gasteiger partial charge in [0.1, 0.15) is 5.75 Å². The molecule has 1 aliphatic heterocycles. The van der Waals surface area contributed by atoms with Crippen molar-refractivity contribution in [3.8, 4) is 5.75 Å². The lowest BCUT2D eigenvalue weighted by Gasteiger charge is -2.24. The van der Waals surface area contributed by atoms with Crippen molar-refractivity contribution < 1.29 is 22.7 Å². The summed E-state index contributed by atoms with van der Waals surface area (Å²) in [6.45, 7) is 2.26. The minimum absolute atomic E-state index is 0.0649. The van der Waals surface area contributed by atoms with Gasteiger partial charge in [-0.2, -0.15) is 4.31 Å². The number of hydrogen-bond acceptors (Lipinski definition) is 5. The zero-order valence-electron chi connectivity index (χ0n) is 16.9. The van der Waals surface area contributed by atoms with Crippen LogP contribution in [0.15, 0.2) is 53.4 Å². The number of ether oxygens (including phenoxy) is 1. The number of nitrogens with one attached hydrogen (secondary N) is 2. The maximum Gasteiger partial charge on any atom is 0.313 e. The lowest BCUT2D eigenvalue weighted by atomic mass is 10.2. The van der Waals surface area contributed by atoms with Crippen LogP contribution in [0, 0.1) is 6.92 Å². The van der Waals surface area contributed by atoms with E-state index in [1.54, 1.807) is 24.3 Å². The van der Waals surface area contributed by atoms with Crippen LogP contribution in [0.5, 0.6) is 5.75 Å². The Morgan fingerprint density at radius 2 is 1.80 bits per heavy atom. The predicted molar refractivity (Wildman–Crippen MR) is 113 cm³/mol. The van der Waals surface area contributed by atoms with Crippen LogP contribution < -0.4 is 15.4 Å². The molecule has 1 fully saturated rings. The zero-order valence-corrected chi connectivity index (χ0v) is 17.7. The van der Waals surface area contributed by atoms with Gasteiger partial charge in [0.2, 0.25) is 10.0 Å². The topological polar surface area (TPSA) is 105 Å². The Bertz CT molecular complexity index is 1020. The smallest absolute Gasteiger partial charge is 0.313 e. The summed E-state index contributed by atoms with van der Waals surface area (Å²) in [6.07, 6.45) is 1.29. The van der Waals surface area contributed by atoms with Crippen LogP contribution in [-0.4, -0.2) is 50.8 Å². The second-order valence-corrected chi connectivity index (χ2v) is 8.96. The maximum absolute atomic E-state index is 13.0. The minimum Gasteiger partial charge on any atom is -0.497 e. The van der Waals surface area contributed by atoms with Gasteiger partial charge >= 0.3 is 11.8 Å². The van der Waals surface area contributed by atoms with Crippen molar-refractivity contribution >= 4 is 27.5 Å². The molecule has 1 heterocycles. The molecule has 0 aliphatic carbocycles. The zero-order chi connectivity index (χ0) is 21.7. The van der Waals surface area contributed by atoms with Gasteiger partial charge < -0.3 is 15.4 Å². The Morgan fingerprint density at radius 3 is 2.47 bits per heavy atom. The first-order valence-electron chi connectivity index (χ1n) is 9.63. The molecule has 2 amide bonds. The minimum atomic E-state index is -3.71. The molecule has 0 bridgehead atoms. The summed E-state index contributed by atoms with van der Waals surface area (Å²) in [5, 5.41) is 5.13. The number of amides is 2. The molecule has 2 aromatic rings. The summed E-state index contributed by atoms with van der Waals surface area (Å²) in [6, 6.07) is 12.9. The fraction of sp³-hybridized carbons (Fsp3) is 0.333. The molecule has 1 saturated heterocycles. The van der Waals surface area contributed by atoms with Crippen LogP contribution in [0.25, 0.3) is 0 Å². The standard InChI is InChI=1S/C21H25N3O5S/c1-15-6-3-4-8-19(15)23-21(26)20(25)22-14-16-7-5-13-24(16)30(27,28)18-11-9-17(29-2)10-12-18/h3-4,6,8-12,16H,5,7,13-14H2,1-2H3,(H,22,25)(H,23,26). The summed E-state index contributed by atoms with van der Waals surface area (Å²) in [5.41, 5.74) is 1.40. The van der Waals surface area contributed by atoms with Gasteiger partial charge in [-0.1, -0.05) is 18.2 Å². The molecule has 2 N–H and O–H groups in total. The molecule has 1 atom stereocenters. The van der Waals surface area contributed by atoms with Crippen LogP contribution in [0.4, 0.5) is 5.69 Å². The fourth-order valence-electron chi connectivity index (χ4n) is 3.40. The third-order valence-electron chi connectivity index (χ3n) is 5.09. The second kappa shape index (κ2) is 9.27. The highest BCUT2D eigenvalue weighted by Gasteiger charge is 2.35. The summed E-state index contributed by atoms with van der Waals surface area (Å²) in [5.74, 6) is -1.02. The van der Waals surface area contributed by atoms with E-state index in [2.05, 4.69) is 10.6 Å². The lowest BCUT2D eigenvalue weighted by Crippen LogP contribution is -2.45. The Kier molecular flexibility index (Phi) is 6.73. The Balaban J connectivity index is 1.62. The number of hydrogen-bond donors (Lipinski definition) is 2. The van der Waals surface area contributed by atoms with E-state index in [1.165, 1.54) is 23.5 Å². The van der Waals surface area contributed by atoms with E-state index in [0.717, 1.165) is 5.56 Å². The number of methoxy groups -OCH3 is 1. The van der Waals surface area contributed by atoms with E-state index < -0.39 is 27.9 Å². The fourth-order valence-corrected chi connectivity index (χ4v) is 5.09. The van der Waals surface area contributed by atoms with E-state index in [9.17, 15) is 18.0 Å². The van der Waals surface area contributed by atoms with Crippen LogP contribution in [-0.2, 0) is 19.6 Å². The van der Waals surface area contributed by atoms with Crippen molar-refractivity contribution in [2.45, 2.75) is 30.7 Å². The summed E-state index contributed by atoms with van der Waals surface area (Å²) in [4.78, 5) is 24.5. The molecule has 3 rings (SSSR count). The highest BCUT2D eigenvalue weighted by atomic mass is 32.2. The van der Waals surface area contributed by atoms with E-state index >= 15 is 0 Å². The summed E-state index contributed by atoms with van der Waals surface area (Å²) in [7, 11) is -2.20. The van der Waals surface area contributed by atoms with Crippen molar-refractivity contribution in [3.05, 3.63) is 54.1 Å². The van der Waals surface area contributed by atoms with Crippen molar-refractivity contribution in [3.63, 3.8) is 0 Å². The predicted octanol–water partition coefficient (Wildman–Crippen LogP) is 1.91. The first-order chi connectivity index (χ1) is 14.3. The van der Waals surface area contributed by atoms with E-state index in [0.29, 0.717) is 30.8 Å². The second-order valence-electron chi connectivity index (χ2n) is 7.07. The normalized spacial score (nSPS) is 16.8. The third-order valence-corrected chi connectivity index (χ3v) is 7.05. The maximum atomic E-state index is 13.0. The van der Waals surface area contributed by atoms with Crippen LogP contribution in [0.2, 0.25) is 0 Å². The van der Waals surface area contributed by atoms with Gasteiger partial charge in [-0.3, -0.25) is 9.59 Å². The van der Waals surface area contributed by atoms with E-state index in [-0.39, 0.29) is 11.4 Å². The molecule has 160 valence electrons. The molecule has 0 radical (unpaired) electrons. The van der Waals surface area contributed by atoms with Gasteiger partial charge in [0.25, 0.3) is 0 Å². The van der Waals surface area contributed by atoms with Crippen LogP contribution in [0.3, 0.4) is 0 Å². The number of anilines is 1. The average Bonchev–Trinajstić information content (AvgIpc) is 3.23. The summed E-state index contributed by atoms with van der Waals surface area (Å²) < 4.78 is 32.4. The number of rotatable bonds is 6.